The molecule has 1 amide bonds. The van der Waals surface area contributed by atoms with E-state index < -0.39 is 18.7 Å². The molecule has 0 fully saturated rings. The van der Waals surface area contributed by atoms with E-state index in [2.05, 4.69) is 5.32 Å². The van der Waals surface area contributed by atoms with Crippen LogP contribution < -0.4 is 5.32 Å². The van der Waals surface area contributed by atoms with E-state index in [1.807, 2.05) is 0 Å². The average Bonchev–Trinajstić information content (AvgIpc) is 2.32. The summed E-state index contributed by atoms with van der Waals surface area (Å²) in [6.45, 7) is -0.778. The van der Waals surface area contributed by atoms with Gasteiger partial charge in [0.05, 0.1) is 0 Å². The fourth-order valence-corrected chi connectivity index (χ4v) is 2.28. The maximum absolute atomic E-state index is 10.2. The summed E-state index contributed by atoms with van der Waals surface area (Å²) in [4.78, 5) is 20.3. The van der Waals surface area contributed by atoms with Crippen molar-refractivity contribution in [3.63, 3.8) is 0 Å². The second kappa shape index (κ2) is 9.89. The molecule has 6 nitrogen and oxygen atoms in total. The Kier molecular flexibility index (Phi) is 9.29. The van der Waals surface area contributed by atoms with E-state index in [4.69, 9.17) is 30.8 Å². The van der Waals surface area contributed by atoms with Crippen LogP contribution in [0.15, 0.2) is 29.2 Å². The Labute approximate surface area is 115 Å². The van der Waals surface area contributed by atoms with Crippen LogP contribution >= 0.6 is 31.5 Å². The number of carboxylic acids is 1. The highest BCUT2D eigenvalue weighted by Crippen LogP contribution is 2.34. The highest BCUT2D eigenvalue weighted by molar-refractivity contribution is 8.85. The second-order valence-corrected chi connectivity index (χ2v) is 5.43. The summed E-state index contributed by atoms with van der Waals surface area (Å²) in [6.07, 6.45) is -1.06. The van der Waals surface area contributed by atoms with E-state index in [1.54, 1.807) is 24.3 Å². The molecule has 0 unspecified atom stereocenters. The van der Waals surface area contributed by atoms with Gasteiger partial charge in [-0.25, -0.2) is 9.59 Å². The first kappa shape index (κ1) is 16.9. The van der Waals surface area contributed by atoms with Crippen molar-refractivity contribution >= 4 is 49.2 Å². The lowest BCUT2D eigenvalue weighted by molar-refractivity contribution is -0.140. The van der Waals surface area contributed by atoms with Crippen LogP contribution in [0.5, 0.6) is 0 Å². The maximum Gasteiger partial charge on any atom is 0.409 e. The molecule has 0 radical (unpaired) electrons. The highest BCUT2D eigenvalue weighted by Gasteiger charge is 1.97. The lowest BCUT2D eigenvalue weighted by Gasteiger charge is -2.00. The number of nitrogens with one attached hydrogen (secondary N) is 1. The number of carbonyl (C=O) groups is 2. The Morgan fingerprint density at radius 2 is 1.72 bits per heavy atom. The summed E-state index contributed by atoms with van der Waals surface area (Å²) < 4.78 is 0. The molecule has 0 bridgehead atoms. The van der Waals surface area contributed by atoms with Crippen molar-refractivity contribution < 1.29 is 24.9 Å². The molecule has 0 aromatic heterocycles. The molecule has 0 aliphatic rings. The third-order valence-corrected chi connectivity index (χ3v) is 3.23. The lowest BCUT2D eigenvalue weighted by atomic mass is 10.3. The van der Waals surface area contributed by atoms with Crippen molar-refractivity contribution in [1.82, 2.24) is 0 Å². The highest BCUT2D eigenvalue weighted by atomic mass is 35.7. The zero-order valence-electron chi connectivity index (χ0n) is 8.87. The van der Waals surface area contributed by atoms with Crippen LogP contribution in [0.25, 0.3) is 0 Å². The number of rotatable bonds is 4. The first-order valence-corrected chi connectivity index (χ1v) is 7.35. The van der Waals surface area contributed by atoms with Crippen molar-refractivity contribution in [3.8, 4) is 0 Å². The van der Waals surface area contributed by atoms with Crippen LogP contribution in [0.1, 0.15) is 0 Å². The van der Waals surface area contributed by atoms with Crippen molar-refractivity contribution in [2.45, 2.75) is 4.90 Å². The molecule has 1 aromatic rings. The minimum atomic E-state index is -1.19. The average molecular weight is 312 g/mol. The molecule has 0 saturated carbocycles. The SMILES string of the molecule is O=C(O)CO.O=C(O)Nc1ccc(SSCl)cc1. The molecule has 0 atom stereocenters. The normalized spacial score (nSPS) is 9.00. The van der Waals surface area contributed by atoms with Gasteiger partial charge < -0.3 is 15.3 Å². The molecular weight excluding hydrogens is 302 g/mol. The Morgan fingerprint density at radius 1 is 1.22 bits per heavy atom. The first-order valence-electron chi connectivity index (χ1n) is 4.37. The number of amides is 1. The summed E-state index contributed by atoms with van der Waals surface area (Å²) in [5.41, 5.74) is 0.552. The lowest BCUT2D eigenvalue weighted by Crippen LogP contribution is -2.06. The van der Waals surface area contributed by atoms with E-state index in [9.17, 15) is 4.79 Å². The van der Waals surface area contributed by atoms with Gasteiger partial charge in [0.25, 0.3) is 0 Å². The number of aliphatic hydroxyl groups excluding tert-OH is 1. The summed E-state index contributed by atoms with van der Waals surface area (Å²) >= 11 is 0. The molecule has 0 aliphatic carbocycles. The number of aliphatic hydroxyl groups is 1. The van der Waals surface area contributed by atoms with E-state index >= 15 is 0 Å². The minimum absolute atomic E-state index is 0.552. The van der Waals surface area contributed by atoms with Gasteiger partial charge >= 0.3 is 12.1 Å². The van der Waals surface area contributed by atoms with Gasteiger partial charge in [-0.1, -0.05) is 0 Å². The maximum atomic E-state index is 10.2. The number of benzene rings is 1. The molecule has 100 valence electrons. The summed E-state index contributed by atoms with van der Waals surface area (Å²) in [6, 6.07) is 6.96. The standard InChI is InChI=1S/C7H6ClNO2S2.C2H4O3/c8-13-12-6-3-1-5(2-4-6)9-7(10)11;3-1-2(4)5/h1-4,9H,(H,10,11);3H,1H2,(H,4,5). The quantitative estimate of drug-likeness (QED) is 0.633. The van der Waals surface area contributed by atoms with Gasteiger partial charge in [0, 0.05) is 20.6 Å². The molecule has 0 saturated heterocycles. The van der Waals surface area contributed by atoms with Crippen molar-refractivity contribution in [1.29, 1.82) is 0 Å². The predicted molar refractivity (Wildman–Crippen MR) is 72.1 cm³/mol. The van der Waals surface area contributed by atoms with Gasteiger partial charge in [0.15, 0.2) is 0 Å². The molecule has 18 heavy (non-hydrogen) atoms. The predicted octanol–water partition coefficient (Wildman–Crippen LogP) is 2.73. The molecule has 0 heterocycles. The Bertz CT molecular complexity index is 387. The van der Waals surface area contributed by atoms with Gasteiger partial charge in [-0.05, 0) is 45.7 Å². The van der Waals surface area contributed by atoms with Crippen LogP contribution in [0, 0.1) is 0 Å². The van der Waals surface area contributed by atoms with Gasteiger partial charge in [-0.2, -0.15) is 0 Å². The van der Waals surface area contributed by atoms with E-state index in [-0.39, 0.29) is 0 Å². The number of aliphatic carboxylic acids is 1. The monoisotopic (exact) mass is 311 g/mol. The topological polar surface area (TPSA) is 107 Å². The summed E-state index contributed by atoms with van der Waals surface area (Å²) in [7, 11) is 7.97. The molecular formula is C9H10ClNO5S2. The first-order chi connectivity index (χ1) is 8.49. The minimum Gasteiger partial charge on any atom is -0.480 e. The molecule has 1 aromatic carbocycles. The molecule has 0 spiro atoms. The second-order valence-electron chi connectivity index (χ2n) is 2.65. The number of anilines is 1. The number of carboxylic acid groups (broad SMARTS) is 2. The van der Waals surface area contributed by atoms with Gasteiger partial charge in [0.2, 0.25) is 0 Å². The third kappa shape index (κ3) is 8.99. The molecule has 9 heteroatoms. The Balaban J connectivity index is 0.000000494. The number of hydrogen-bond acceptors (Lipinski definition) is 5. The van der Waals surface area contributed by atoms with Gasteiger partial charge in [-0.15, -0.1) is 0 Å². The van der Waals surface area contributed by atoms with Crippen molar-refractivity contribution in [3.05, 3.63) is 24.3 Å². The fourth-order valence-electron chi connectivity index (χ4n) is 0.754. The number of hydrogen-bond donors (Lipinski definition) is 4. The zero-order valence-corrected chi connectivity index (χ0v) is 11.3. The van der Waals surface area contributed by atoms with E-state index in [0.29, 0.717) is 5.69 Å². The Hall–Kier alpha value is -1.09. The summed E-state index contributed by atoms with van der Waals surface area (Å²) in [5.74, 6) is -1.19. The van der Waals surface area contributed by atoms with E-state index in [0.717, 1.165) is 14.9 Å². The summed E-state index contributed by atoms with van der Waals surface area (Å²) in [5, 5.41) is 25.7. The Morgan fingerprint density at radius 3 is 2.06 bits per heavy atom. The smallest absolute Gasteiger partial charge is 0.409 e. The third-order valence-electron chi connectivity index (χ3n) is 1.37. The van der Waals surface area contributed by atoms with Crippen LogP contribution in [-0.4, -0.2) is 34.0 Å². The van der Waals surface area contributed by atoms with Crippen LogP contribution in [-0.2, 0) is 4.79 Å². The molecule has 1 rings (SSSR count). The number of halogens is 1. The van der Waals surface area contributed by atoms with Crippen molar-refractivity contribution in [2.24, 2.45) is 0 Å². The van der Waals surface area contributed by atoms with Crippen LogP contribution in [0.2, 0.25) is 0 Å². The fraction of sp³-hybridized carbons (Fsp3) is 0.111. The largest absolute Gasteiger partial charge is 0.480 e. The van der Waals surface area contributed by atoms with Crippen LogP contribution in [0.4, 0.5) is 10.5 Å². The van der Waals surface area contributed by atoms with Crippen molar-refractivity contribution in [2.75, 3.05) is 11.9 Å². The van der Waals surface area contributed by atoms with Gasteiger partial charge in [0.1, 0.15) is 6.61 Å². The van der Waals surface area contributed by atoms with E-state index in [1.165, 1.54) is 10.8 Å². The zero-order chi connectivity index (χ0) is 14.0. The molecule has 4 N–H and O–H groups in total. The molecule has 0 aliphatic heterocycles. The van der Waals surface area contributed by atoms with Crippen LogP contribution in [0.3, 0.4) is 0 Å². The van der Waals surface area contributed by atoms with Gasteiger partial charge in [-0.3, -0.25) is 5.32 Å².